The van der Waals surface area contributed by atoms with Crippen LogP contribution in [0.1, 0.15) is 64.2 Å². The van der Waals surface area contributed by atoms with Gasteiger partial charge in [0, 0.05) is 30.5 Å². The van der Waals surface area contributed by atoms with Gasteiger partial charge in [-0.15, -0.1) is 0 Å². The molecule has 2 amide bonds. The Balaban J connectivity index is 1.66. The van der Waals surface area contributed by atoms with Crippen molar-refractivity contribution in [1.29, 1.82) is 0 Å². The van der Waals surface area contributed by atoms with E-state index in [1.807, 2.05) is 29.2 Å². The molecule has 2 saturated carbocycles. The van der Waals surface area contributed by atoms with Crippen molar-refractivity contribution in [2.45, 2.75) is 88.5 Å². The molecule has 192 valence electrons. The number of ether oxygens (including phenoxy) is 1. The van der Waals surface area contributed by atoms with E-state index in [-0.39, 0.29) is 43.3 Å². The average Bonchev–Trinajstić information content (AvgIpc) is 3.09. The van der Waals surface area contributed by atoms with Gasteiger partial charge >= 0.3 is 0 Å². The fourth-order valence-corrected chi connectivity index (χ4v) is 5.97. The van der Waals surface area contributed by atoms with Crippen LogP contribution in [0.15, 0.2) is 35.9 Å². The van der Waals surface area contributed by atoms with Gasteiger partial charge in [0.05, 0.1) is 16.2 Å². The number of hydrogen-bond acceptors (Lipinski definition) is 5. The van der Waals surface area contributed by atoms with Crippen LogP contribution in [-0.4, -0.2) is 64.4 Å². The molecule has 0 aliphatic heterocycles. The number of hydrogen-bond donors (Lipinski definition) is 3. The molecule has 3 atom stereocenters. The summed E-state index contributed by atoms with van der Waals surface area (Å²) in [4.78, 5) is 28.7. The van der Waals surface area contributed by atoms with Crippen molar-refractivity contribution in [1.82, 2.24) is 10.2 Å². The van der Waals surface area contributed by atoms with Crippen LogP contribution in [0.3, 0.4) is 0 Å². The van der Waals surface area contributed by atoms with Gasteiger partial charge in [-0.2, -0.15) is 0 Å². The zero-order chi connectivity index (χ0) is 24.8. The highest BCUT2D eigenvalue weighted by Gasteiger charge is 2.45. The number of amides is 2. The molecule has 2 fully saturated rings. The van der Waals surface area contributed by atoms with Gasteiger partial charge < -0.3 is 25.2 Å². The third kappa shape index (κ3) is 6.38. The molecule has 3 N–H and O–H groups in total. The van der Waals surface area contributed by atoms with Crippen LogP contribution < -0.4 is 10.1 Å². The van der Waals surface area contributed by atoms with E-state index in [1.165, 1.54) is 12.8 Å². The Kier molecular flexibility index (Phi) is 9.46. The lowest BCUT2D eigenvalue weighted by Crippen LogP contribution is -2.59. The quantitative estimate of drug-likeness (QED) is 0.315. The van der Waals surface area contributed by atoms with Crippen molar-refractivity contribution in [2.75, 3.05) is 13.2 Å². The molecule has 0 saturated heterocycles. The molecule has 0 bridgehead atoms. The summed E-state index contributed by atoms with van der Waals surface area (Å²) in [6.07, 6.45) is 9.45. The largest absolute Gasteiger partial charge is 0.482 e. The molecule has 8 heteroatoms. The Labute approximate surface area is 221 Å². The van der Waals surface area contributed by atoms with Gasteiger partial charge in [-0.1, -0.05) is 44.2 Å². The van der Waals surface area contributed by atoms with Crippen LogP contribution in [0.4, 0.5) is 0 Å². The molecular formula is C27H37IN2O5. The number of carbonyl (C=O) groups excluding carboxylic acids is 2. The van der Waals surface area contributed by atoms with Gasteiger partial charge in [0.1, 0.15) is 18.0 Å². The molecule has 4 rings (SSSR count). The number of aliphatic hydroxyl groups is 2. The second-order valence-corrected chi connectivity index (χ2v) is 11.1. The minimum atomic E-state index is -0.951. The molecule has 3 aliphatic carbocycles. The van der Waals surface area contributed by atoms with E-state index in [0.29, 0.717) is 11.3 Å². The average molecular weight is 597 g/mol. The second-order valence-electron chi connectivity index (χ2n) is 9.97. The van der Waals surface area contributed by atoms with E-state index in [2.05, 4.69) is 27.9 Å². The van der Waals surface area contributed by atoms with Gasteiger partial charge in [0.15, 0.2) is 0 Å². The van der Waals surface area contributed by atoms with Gasteiger partial charge in [-0.25, -0.2) is 0 Å². The maximum atomic E-state index is 13.8. The third-order valence-electron chi connectivity index (χ3n) is 7.60. The number of halogens is 1. The summed E-state index contributed by atoms with van der Waals surface area (Å²) in [6, 6.07) is 7.11. The van der Waals surface area contributed by atoms with Crippen LogP contribution in [-0.2, 0) is 9.59 Å². The molecular weight excluding hydrogens is 559 g/mol. The maximum Gasteiger partial charge on any atom is 0.247 e. The van der Waals surface area contributed by atoms with Crippen molar-refractivity contribution < 1.29 is 24.5 Å². The van der Waals surface area contributed by atoms with Crippen molar-refractivity contribution >= 4 is 34.4 Å². The van der Waals surface area contributed by atoms with E-state index in [4.69, 9.17) is 4.74 Å². The standard InChI is InChI=1S/C27H37IN2O5/c28-21-12-5-6-13-23(21)35-24-17-19(26(33)29-14-15-31)16-22(25(24)32)30(27(34)18-8-7-9-18)20-10-3-1-2-4-11-20/h5-6,12-13,17-18,20,22,24-25,31-32H,1-4,7-11,14-16H2,(H,29,33). The Morgan fingerprint density at radius 1 is 1.06 bits per heavy atom. The van der Waals surface area contributed by atoms with E-state index < -0.39 is 18.2 Å². The number of para-hydroxylation sites is 1. The van der Waals surface area contributed by atoms with Crippen LogP contribution in [0.2, 0.25) is 0 Å². The van der Waals surface area contributed by atoms with E-state index in [1.54, 1.807) is 6.08 Å². The zero-order valence-electron chi connectivity index (χ0n) is 20.2. The van der Waals surface area contributed by atoms with Gasteiger partial charge in [-0.05, 0) is 66.5 Å². The molecule has 3 unspecified atom stereocenters. The molecule has 0 radical (unpaired) electrons. The first kappa shape index (κ1) is 26.4. The SMILES string of the molecule is O=C(NCCO)C1=CC(Oc2ccccc2I)C(O)C(N(C(=O)C2CCC2)C2CCCCCC2)C1. The minimum Gasteiger partial charge on any atom is -0.482 e. The van der Waals surface area contributed by atoms with Crippen LogP contribution >= 0.6 is 22.6 Å². The van der Waals surface area contributed by atoms with E-state index in [0.717, 1.165) is 48.5 Å². The fourth-order valence-electron chi connectivity index (χ4n) is 5.45. The van der Waals surface area contributed by atoms with Gasteiger partial charge in [-0.3, -0.25) is 9.59 Å². The van der Waals surface area contributed by atoms with Crippen molar-refractivity contribution in [3.05, 3.63) is 39.5 Å². The lowest BCUT2D eigenvalue weighted by molar-refractivity contribution is -0.149. The van der Waals surface area contributed by atoms with Crippen LogP contribution in [0.5, 0.6) is 5.75 Å². The molecule has 7 nitrogen and oxygen atoms in total. The first-order valence-corrected chi connectivity index (χ1v) is 14.1. The highest BCUT2D eigenvalue weighted by molar-refractivity contribution is 14.1. The normalized spacial score (nSPS) is 25.7. The summed E-state index contributed by atoms with van der Waals surface area (Å²) in [6.45, 7) is 0.000419. The smallest absolute Gasteiger partial charge is 0.247 e. The second kappa shape index (κ2) is 12.5. The van der Waals surface area contributed by atoms with Crippen LogP contribution in [0, 0.1) is 9.49 Å². The molecule has 0 heterocycles. The predicted octanol–water partition coefficient (Wildman–Crippen LogP) is 3.56. The topological polar surface area (TPSA) is 99.1 Å². The number of rotatable bonds is 8. The summed E-state index contributed by atoms with van der Waals surface area (Å²) in [7, 11) is 0. The van der Waals surface area contributed by atoms with Crippen LogP contribution in [0.25, 0.3) is 0 Å². The molecule has 35 heavy (non-hydrogen) atoms. The minimum absolute atomic E-state index is 0.0115. The summed E-state index contributed by atoms with van der Waals surface area (Å²) in [5.41, 5.74) is 0.490. The Morgan fingerprint density at radius 2 is 1.77 bits per heavy atom. The molecule has 0 spiro atoms. The maximum absolute atomic E-state index is 13.8. The van der Waals surface area contributed by atoms with Gasteiger partial charge in [0.25, 0.3) is 0 Å². The number of carbonyl (C=O) groups is 2. The van der Waals surface area contributed by atoms with E-state index >= 15 is 0 Å². The fraction of sp³-hybridized carbons (Fsp3) is 0.630. The molecule has 1 aromatic carbocycles. The Morgan fingerprint density at radius 3 is 2.40 bits per heavy atom. The molecule has 0 aromatic heterocycles. The first-order chi connectivity index (χ1) is 17.0. The monoisotopic (exact) mass is 596 g/mol. The highest BCUT2D eigenvalue weighted by atomic mass is 127. The van der Waals surface area contributed by atoms with Crippen molar-refractivity contribution in [3.8, 4) is 5.75 Å². The summed E-state index contributed by atoms with van der Waals surface area (Å²) in [5.74, 6) is 0.481. The first-order valence-electron chi connectivity index (χ1n) is 13.0. The van der Waals surface area contributed by atoms with E-state index in [9.17, 15) is 19.8 Å². The van der Waals surface area contributed by atoms with Crippen molar-refractivity contribution in [3.63, 3.8) is 0 Å². The predicted molar refractivity (Wildman–Crippen MR) is 142 cm³/mol. The lowest BCUT2D eigenvalue weighted by Gasteiger charge is -2.46. The lowest BCUT2D eigenvalue weighted by atomic mass is 9.81. The molecule has 1 aromatic rings. The number of nitrogens with one attached hydrogen (secondary N) is 1. The number of benzene rings is 1. The Hall–Kier alpha value is -1.65. The Bertz CT molecular complexity index is 911. The molecule has 3 aliphatic rings. The summed E-state index contributed by atoms with van der Waals surface area (Å²) < 4.78 is 7.16. The summed E-state index contributed by atoms with van der Waals surface area (Å²) >= 11 is 2.19. The highest BCUT2D eigenvalue weighted by Crippen LogP contribution is 2.37. The van der Waals surface area contributed by atoms with Crippen molar-refractivity contribution in [2.24, 2.45) is 5.92 Å². The zero-order valence-corrected chi connectivity index (χ0v) is 22.4. The van der Waals surface area contributed by atoms with Gasteiger partial charge in [0.2, 0.25) is 11.8 Å². The third-order valence-corrected chi connectivity index (χ3v) is 8.49. The summed E-state index contributed by atoms with van der Waals surface area (Å²) in [5, 5.41) is 23.5. The number of nitrogens with zero attached hydrogens (tertiary/aromatic N) is 1. The number of aliphatic hydroxyl groups excluding tert-OH is 2.